The summed E-state index contributed by atoms with van der Waals surface area (Å²) in [5.41, 5.74) is 7.42. The lowest BCUT2D eigenvalue weighted by molar-refractivity contribution is 0.194. The van der Waals surface area contributed by atoms with Crippen LogP contribution in [0.15, 0.2) is 12.1 Å². The molecule has 4 heteroatoms. The van der Waals surface area contributed by atoms with Crippen molar-refractivity contribution in [1.29, 1.82) is 0 Å². The highest BCUT2D eigenvalue weighted by molar-refractivity contribution is 6.36. The van der Waals surface area contributed by atoms with Gasteiger partial charge in [-0.05, 0) is 43.9 Å². The largest absolute Gasteiger partial charge is 0.399 e. The van der Waals surface area contributed by atoms with Crippen molar-refractivity contribution in [3.05, 3.63) is 27.7 Å². The predicted molar refractivity (Wildman–Crippen MR) is 93.0 cm³/mol. The molecule has 2 nitrogen and oxygen atoms in total. The Hall–Kier alpha value is -0.440. The summed E-state index contributed by atoms with van der Waals surface area (Å²) >= 11 is 12.7. The number of anilines is 1. The molecule has 1 aromatic rings. The molecule has 0 radical (unpaired) electrons. The molecule has 2 N–H and O–H groups in total. The molecule has 0 bridgehead atoms. The van der Waals surface area contributed by atoms with Gasteiger partial charge < -0.3 is 5.73 Å². The summed E-state index contributed by atoms with van der Waals surface area (Å²) in [5.74, 6) is 0.830. The number of nitrogens with zero attached hydrogens (tertiary/aromatic N) is 1. The molecule has 1 aliphatic rings. The Labute approximate surface area is 138 Å². The van der Waals surface area contributed by atoms with E-state index >= 15 is 0 Å². The van der Waals surface area contributed by atoms with Gasteiger partial charge in [0.15, 0.2) is 0 Å². The Morgan fingerprint density at radius 2 is 1.76 bits per heavy atom. The number of rotatable bonds is 6. The van der Waals surface area contributed by atoms with Crippen molar-refractivity contribution < 1.29 is 0 Å². The lowest BCUT2D eigenvalue weighted by Crippen LogP contribution is -2.31. The minimum atomic E-state index is 0.628. The third kappa shape index (κ3) is 5.05. The van der Waals surface area contributed by atoms with Gasteiger partial charge in [0.2, 0.25) is 0 Å². The summed E-state index contributed by atoms with van der Waals surface area (Å²) in [6, 6.07) is 3.60. The lowest BCUT2D eigenvalue weighted by atomic mass is 9.89. The second kappa shape index (κ2) is 8.26. The maximum Gasteiger partial charge on any atom is 0.0486 e. The Bertz CT molecular complexity index is 433. The van der Waals surface area contributed by atoms with E-state index in [9.17, 15) is 0 Å². The fraction of sp³-hybridized carbons (Fsp3) is 0.647. The van der Waals surface area contributed by atoms with E-state index in [2.05, 4.69) is 11.8 Å². The summed E-state index contributed by atoms with van der Waals surface area (Å²) in [6.45, 7) is 5.29. The predicted octanol–water partition coefficient (Wildman–Crippen LogP) is 5.37. The molecular formula is C17H26Cl2N2. The number of benzene rings is 1. The van der Waals surface area contributed by atoms with E-state index < -0.39 is 0 Å². The number of halogens is 2. The fourth-order valence-corrected chi connectivity index (χ4v) is 3.91. The van der Waals surface area contributed by atoms with Gasteiger partial charge in [0.1, 0.15) is 0 Å². The highest BCUT2D eigenvalue weighted by Gasteiger charge is 2.19. The molecule has 0 aliphatic heterocycles. The second-order valence-corrected chi connectivity index (χ2v) is 7.02. The van der Waals surface area contributed by atoms with Crippen molar-refractivity contribution in [1.82, 2.24) is 4.90 Å². The fourth-order valence-electron chi connectivity index (χ4n) is 3.28. The standard InChI is InChI=1S/C17H26Cl2N2/c1-2-8-21(11-13-6-4-3-5-7-13)12-15-16(18)9-14(20)10-17(15)19/h9-10,13H,2-8,11-12,20H2,1H3. The molecular weight excluding hydrogens is 303 g/mol. The molecule has 0 spiro atoms. The average Bonchev–Trinajstić information content (AvgIpc) is 2.44. The van der Waals surface area contributed by atoms with Crippen LogP contribution in [0.2, 0.25) is 10.0 Å². The van der Waals surface area contributed by atoms with Crippen molar-refractivity contribution in [3.8, 4) is 0 Å². The molecule has 0 aromatic heterocycles. The van der Waals surface area contributed by atoms with Gasteiger partial charge in [0.25, 0.3) is 0 Å². The SMILES string of the molecule is CCCN(Cc1c(Cl)cc(N)cc1Cl)CC1CCCCC1. The Morgan fingerprint density at radius 1 is 1.14 bits per heavy atom. The van der Waals surface area contributed by atoms with Crippen molar-refractivity contribution in [3.63, 3.8) is 0 Å². The number of hydrogen-bond donors (Lipinski definition) is 1. The van der Waals surface area contributed by atoms with Crippen LogP contribution >= 0.6 is 23.2 Å². The third-order valence-corrected chi connectivity index (χ3v) is 5.00. The zero-order chi connectivity index (χ0) is 15.2. The van der Waals surface area contributed by atoms with Crippen LogP contribution in [0.4, 0.5) is 5.69 Å². The first-order valence-corrected chi connectivity index (χ1v) is 8.81. The molecule has 0 heterocycles. The lowest BCUT2D eigenvalue weighted by Gasteiger charge is -2.30. The van der Waals surface area contributed by atoms with E-state index in [1.807, 2.05) is 0 Å². The molecule has 1 fully saturated rings. The van der Waals surface area contributed by atoms with Crippen LogP contribution in [0.25, 0.3) is 0 Å². The van der Waals surface area contributed by atoms with Gasteiger partial charge in [-0.1, -0.05) is 49.4 Å². The summed E-state index contributed by atoms with van der Waals surface area (Å²) < 4.78 is 0. The van der Waals surface area contributed by atoms with Crippen LogP contribution in [0.5, 0.6) is 0 Å². The van der Waals surface area contributed by atoms with Gasteiger partial charge in [0.05, 0.1) is 0 Å². The van der Waals surface area contributed by atoms with Crippen LogP contribution in [-0.4, -0.2) is 18.0 Å². The zero-order valence-corrected chi connectivity index (χ0v) is 14.4. The van der Waals surface area contributed by atoms with Crippen molar-refractivity contribution in [2.24, 2.45) is 5.92 Å². The van der Waals surface area contributed by atoms with Crippen molar-refractivity contribution in [2.45, 2.75) is 52.0 Å². The highest BCUT2D eigenvalue weighted by Crippen LogP contribution is 2.30. The Kier molecular flexibility index (Phi) is 6.66. The van der Waals surface area contributed by atoms with Gasteiger partial charge >= 0.3 is 0 Å². The average molecular weight is 329 g/mol. The monoisotopic (exact) mass is 328 g/mol. The van der Waals surface area contributed by atoms with Gasteiger partial charge in [-0.25, -0.2) is 0 Å². The molecule has 0 unspecified atom stereocenters. The summed E-state index contributed by atoms with van der Waals surface area (Å²) in [5, 5.41) is 1.37. The normalized spacial score (nSPS) is 16.6. The molecule has 21 heavy (non-hydrogen) atoms. The Morgan fingerprint density at radius 3 is 2.33 bits per heavy atom. The first-order valence-electron chi connectivity index (χ1n) is 8.06. The summed E-state index contributed by atoms with van der Waals surface area (Å²) in [6.07, 6.45) is 8.05. The van der Waals surface area contributed by atoms with Crippen molar-refractivity contribution >= 4 is 28.9 Å². The molecule has 0 amide bonds. The molecule has 0 atom stereocenters. The van der Waals surface area contributed by atoms with Gasteiger partial charge in [-0.2, -0.15) is 0 Å². The van der Waals surface area contributed by atoms with Crippen LogP contribution in [-0.2, 0) is 6.54 Å². The van der Waals surface area contributed by atoms with Crippen LogP contribution in [0.3, 0.4) is 0 Å². The van der Waals surface area contributed by atoms with Gasteiger partial charge in [0, 0.05) is 34.4 Å². The number of hydrogen-bond acceptors (Lipinski definition) is 2. The van der Waals surface area contributed by atoms with Gasteiger partial charge in [-0.15, -0.1) is 0 Å². The molecule has 2 rings (SSSR count). The van der Waals surface area contributed by atoms with E-state index in [0.717, 1.165) is 37.5 Å². The highest BCUT2D eigenvalue weighted by atomic mass is 35.5. The van der Waals surface area contributed by atoms with E-state index in [0.29, 0.717) is 15.7 Å². The summed E-state index contributed by atoms with van der Waals surface area (Å²) in [4.78, 5) is 2.50. The van der Waals surface area contributed by atoms with Gasteiger partial charge in [-0.3, -0.25) is 4.90 Å². The first kappa shape index (κ1) is 16.9. The second-order valence-electron chi connectivity index (χ2n) is 6.20. The molecule has 1 saturated carbocycles. The number of nitrogens with two attached hydrogens (primary N) is 1. The number of nitrogen functional groups attached to an aromatic ring is 1. The molecule has 1 aromatic carbocycles. The molecule has 0 saturated heterocycles. The van der Waals surface area contributed by atoms with Crippen molar-refractivity contribution in [2.75, 3.05) is 18.8 Å². The third-order valence-electron chi connectivity index (χ3n) is 4.33. The minimum absolute atomic E-state index is 0.628. The van der Waals surface area contributed by atoms with E-state index in [4.69, 9.17) is 28.9 Å². The first-order chi connectivity index (χ1) is 10.1. The zero-order valence-electron chi connectivity index (χ0n) is 12.9. The molecule has 118 valence electrons. The maximum atomic E-state index is 6.33. The topological polar surface area (TPSA) is 29.3 Å². The Balaban J connectivity index is 2.05. The van der Waals surface area contributed by atoms with E-state index in [-0.39, 0.29) is 0 Å². The minimum Gasteiger partial charge on any atom is -0.399 e. The quantitative estimate of drug-likeness (QED) is 0.711. The van der Waals surface area contributed by atoms with Crippen LogP contribution < -0.4 is 5.73 Å². The van der Waals surface area contributed by atoms with E-state index in [1.54, 1.807) is 12.1 Å². The maximum absolute atomic E-state index is 6.33. The molecule has 1 aliphatic carbocycles. The summed E-state index contributed by atoms with van der Waals surface area (Å²) in [7, 11) is 0. The van der Waals surface area contributed by atoms with Crippen LogP contribution in [0, 0.1) is 5.92 Å². The van der Waals surface area contributed by atoms with Crippen LogP contribution in [0.1, 0.15) is 51.0 Å². The van der Waals surface area contributed by atoms with E-state index in [1.165, 1.54) is 32.1 Å². The smallest absolute Gasteiger partial charge is 0.0486 e.